The molecule has 0 amide bonds. The normalized spacial score (nSPS) is 24.0. The van der Waals surface area contributed by atoms with E-state index in [-0.39, 0.29) is 12.1 Å². The summed E-state index contributed by atoms with van der Waals surface area (Å²) in [5.74, 6) is 2.12. The molecule has 1 saturated carbocycles. The second-order valence-corrected chi connectivity index (χ2v) is 7.55. The highest BCUT2D eigenvalue weighted by Gasteiger charge is 2.40. The van der Waals surface area contributed by atoms with Crippen molar-refractivity contribution in [2.24, 2.45) is 5.92 Å². The Balaban J connectivity index is 1.79. The number of benzene rings is 1. The van der Waals surface area contributed by atoms with Gasteiger partial charge in [0.15, 0.2) is 5.76 Å². The summed E-state index contributed by atoms with van der Waals surface area (Å²) in [5, 5.41) is 10.6. The van der Waals surface area contributed by atoms with Gasteiger partial charge in [0.2, 0.25) is 5.89 Å². The van der Waals surface area contributed by atoms with E-state index in [2.05, 4.69) is 23.9 Å². The summed E-state index contributed by atoms with van der Waals surface area (Å²) in [6.07, 6.45) is 3.19. The van der Waals surface area contributed by atoms with Crippen LogP contribution >= 0.6 is 11.6 Å². The lowest BCUT2D eigenvalue weighted by molar-refractivity contribution is 0.0402. The molecule has 1 aliphatic rings. The van der Waals surface area contributed by atoms with E-state index in [1.807, 2.05) is 31.2 Å². The van der Waals surface area contributed by atoms with Crippen LogP contribution in [0.25, 0.3) is 11.3 Å². The summed E-state index contributed by atoms with van der Waals surface area (Å²) >= 11 is 5.95. The van der Waals surface area contributed by atoms with Crippen LogP contribution in [0.5, 0.6) is 0 Å². The predicted molar refractivity (Wildman–Crippen MR) is 96.0 cm³/mol. The maximum atomic E-state index is 9.94. The third-order valence-electron chi connectivity index (χ3n) is 5.25. The van der Waals surface area contributed by atoms with Crippen molar-refractivity contribution in [3.8, 4) is 11.3 Å². The molecule has 5 heteroatoms. The molecular formula is C19H25ClN2O2. The molecule has 4 nitrogen and oxygen atoms in total. The Kier molecular flexibility index (Phi) is 5.00. The number of hydrogen-bond acceptors (Lipinski definition) is 4. The number of oxazole rings is 1. The van der Waals surface area contributed by atoms with E-state index in [9.17, 15) is 5.11 Å². The smallest absolute Gasteiger partial charge is 0.209 e. The van der Waals surface area contributed by atoms with Crippen LogP contribution in [0.3, 0.4) is 0 Å². The van der Waals surface area contributed by atoms with Gasteiger partial charge in [-0.25, -0.2) is 4.98 Å². The zero-order valence-electron chi connectivity index (χ0n) is 14.6. The highest BCUT2D eigenvalue weighted by molar-refractivity contribution is 6.30. The van der Waals surface area contributed by atoms with Gasteiger partial charge in [-0.05, 0) is 63.4 Å². The van der Waals surface area contributed by atoms with Gasteiger partial charge >= 0.3 is 0 Å². The maximum absolute atomic E-state index is 9.94. The molecule has 2 aromatic rings. The van der Waals surface area contributed by atoms with Crippen LogP contribution in [0.1, 0.15) is 37.8 Å². The minimum absolute atomic E-state index is 0.151. The summed E-state index contributed by atoms with van der Waals surface area (Å²) in [6.45, 7) is 4.98. The Bertz CT molecular complexity index is 698. The average Bonchev–Trinajstić information content (AvgIpc) is 3.12. The van der Waals surface area contributed by atoms with Crippen molar-refractivity contribution in [3.05, 3.63) is 40.9 Å². The van der Waals surface area contributed by atoms with Gasteiger partial charge in [0, 0.05) is 16.1 Å². The number of rotatable bonds is 5. The van der Waals surface area contributed by atoms with Crippen LogP contribution in [0.4, 0.5) is 0 Å². The predicted octanol–water partition coefficient (Wildman–Crippen LogP) is 4.29. The molecule has 0 spiro atoms. The molecule has 2 atom stereocenters. The molecule has 0 aliphatic heterocycles. The molecule has 1 aromatic heterocycles. The van der Waals surface area contributed by atoms with Crippen molar-refractivity contribution in [2.45, 2.75) is 45.2 Å². The molecular weight excluding hydrogens is 324 g/mol. The van der Waals surface area contributed by atoms with Gasteiger partial charge in [0.25, 0.3) is 0 Å². The molecule has 0 unspecified atom stereocenters. The molecule has 1 aliphatic carbocycles. The SMILES string of the molecule is Cc1nc(CN(C)[C@]2(CO)CC[C@H](C)C2)oc1-c1ccc(Cl)cc1. The third kappa shape index (κ3) is 3.37. The van der Waals surface area contributed by atoms with Gasteiger partial charge in [-0.15, -0.1) is 0 Å². The molecule has 1 heterocycles. The Hall–Kier alpha value is -1.36. The number of hydrogen-bond donors (Lipinski definition) is 1. The molecule has 0 bridgehead atoms. The van der Waals surface area contributed by atoms with Crippen molar-refractivity contribution < 1.29 is 9.52 Å². The van der Waals surface area contributed by atoms with E-state index in [0.29, 0.717) is 23.4 Å². The fourth-order valence-electron chi connectivity index (χ4n) is 3.74. The van der Waals surface area contributed by atoms with Gasteiger partial charge in [0.05, 0.1) is 18.8 Å². The second kappa shape index (κ2) is 6.87. The van der Waals surface area contributed by atoms with Gasteiger partial charge in [-0.1, -0.05) is 18.5 Å². The highest BCUT2D eigenvalue weighted by Crippen LogP contribution is 2.39. The standard InChI is InChI=1S/C19H25ClN2O2/c1-13-8-9-19(10-13,12-23)22(3)11-17-21-14(2)18(24-17)15-4-6-16(20)7-5-15/h4-7,13,23H,8-12H2,1-3H3/t13-,19+/m0/s1. The van der Waals surface area contributed by atoms with Crippen LogP contribution in [0, 0.1) is 12.8 Å². The summed E-state index contributed by atoms with van der Waals surface area (Å²) in [7, 11) is 2.05. The van der Waals surface area contributed by atoms with Crippen molar-refractivity contribution in [1.29, 1.82) is 0 Å². The summed E-state index contributed by atoms with van der Waals surface area (Å²) < 4.78 is 6.01. The molecule has 24 heavy (non-hydrogen) atoms. The van der Waals surface area contributed by atoms with Crippen molar-refractivity contribution >= 4 is 11.6 Å². The lowest BCUT2D eigenvalue weighted by Gasteiger charge is -2.36. The number of aryl methyl sites for hydroxylation is 1. The third-order valence-corrected chi connectivity index (χ3v) is 5.51. The molecule has 3 rings (SSSR count). The fourth-order valence-corrected chi connectivity index (χ4v) is 3.86. The Morgan fingerprint density at radius 2 is 2.08 bits per heavy atom. The van der Waals surface area contributed by atoms with E-state index in [1.54, 1.807) is 0 Å². The lowest BCUT2D eigenvalue weighted by atomic mass is 9.95. The first-order valence-corrected chi connectivity index (χ1v) is 8.86. The topological polar surface area (TPSA) is 49.5 Å². The minimum atomic E-state index is -0.151. The van der Waals surface area contributed by atoms with Crippen LogP contribution in [-0.2, 0) is 6.54 Å². The Labute approximate surface area is 148 Å². The quantitative estimate of drug-likeness (QED) is 0.875. The maximum Gasteiger partial charge on any atom is 0.209 e. The summed E-state index contributed by atoms with van der Waals surface area (Å²) in [6, 6.07) is 7.59. The first-order chi connectivity index (χ1) is 11.4. The lowest BCUT2D eigenvalue weighted by Crippen LogP contribution is -2.47. The summed E-state index contributed by atoms with van der Waals surface area (Å²) in [5.41, 5.74) is 1.70. The zero-order chi connectivity index (χ0) is 17.3. The molecule has 1 aromatic carbocycles. The second-order valence-electron chi connectivity index (χ2n) is 7.12. The van der Waals surface area contributed by atoms with Crippen molar-refractivity contribution in [3.63, 3.8) is 0 Å². The van der Waals surface area contributed by atoms with Crippen LogP contribution < -0.4 is 0 Å². The van der Waals surface area contributed by atoms with Gasteiger partial charge in [-0.2, -0.15) is 0 Å². The van der Waals surface area contributed by atoms with Crippen LogP contribution in [0.15, 0.2) is 28.7 Å². The van der Waals surface area contributed by atoms with Crippen molar-refractivity contribution in [1.82, 2.24) is 9.88 Å². The zero-order valence-corrected chi connectivity index (χ0v) is 15.3. The first kappa shape index (κ1) is 17.5. The summed E-state index contributed by atoms with van der Waals surface area (Å²) in [4.78, 5) is 6.78. The number of aromatic nitrogens is 1. The molecule has 0 saturated heterocycles. The van der Waals surface area contributed by atoms with Gasteiger partial charge < -0.3 is 9.52 Å². The van der Waals surface area contributed by atoms with E-state index in [4.69, 9.17) is 16.0 Å². The Morgan fingerprint density at radius 1 is 1.38 bits per heavy atom. The molecule has 130 valence electrons. The number of aliphatic hydroxyl groups is 1. The molecule has 1 N–H and O–H groups in total. The number of likely N-dealkylation sites (N-methyl/N-ethyl adjacent to an activating group) is 1. The highest BCUT2D eigenvalue weighted by atomic mass is 35.5. The van der Waals surface area contributed by atoms with Crippen molar-refractivity contribution in [2.75, 3.05) is 13.7 Å². The Morgan fingerprint density at radius 3 is 2.67 bits per heavy atom. The van der Waals surface area contributed by atoms with Gasteiger partial charge in [0.1, 0.15) is 0 Å². The molecule has 0 radical (unpaired) electrons. The van der Waals surface area contributed by atoms with E-state index >= 15 is 0 Å². The minimum Gasteiger partial charge on any atom is -0.439 e. The fraction of sp³-hybridized carbons (Fsp3) is 0.526. The average molecular weight is 349 g/mol. The van der Waals surface area contributed by atoms with E-state index in [1.165, 1.54) is 0 Å². The van der Waals surface area contributed by atoms with Crippen LogP contribution in [0.2, 0.25) is 5.02 Å². The number of aliphatic hydroxyl groups excluding tert-OH is 1. The number of halogens is 1. The number of nitrogens with zero attached hydrogens (tertiary/aromatic N) is 2. The van der Waals surface area contributed by atoms with E-state index in [0.717, 1.165) is 36.3 Å². The monoisotopic (exact) mass is 348 g/mol. The largest absolute Gasteiger partial charge is 0.439 e. The van der Waals surface area contributed by atoms with Crippen LogP contribution in [-0.4, -0.2) is 34.2 Å². The van der Waals surface area contributed by atoms with E-state index < -0.39 is 0 Å². The van der Waals surface area contributed by atoms with Gasteiger partial charge in [-0.3, -0.25) is 4.90 Å². The molecule has 1 fully saturated rings. The first-order valence-electron chi connectivity index (χ1n) is 8.48.